The van der Waals surface area contributed by atoms with Crippen LogP contribution in [0.2, 0.25) is 5.02 Å². The van der Waals surface area contributed by atoms with Crippen LogP contribution in [-0.4, -0.2) is 23.3 Å². The van der Waals surface area contributed by atoms with Gasteiger partial charge in [0.05, 0.1) is 29.3 Å². The van der Waals surface area contributed by atoms with E-state index in [0.717, 1.165) is 28.7 Å². The number of benzene rings is 4. The fourth-order valence-electron chi connectivity index (χ4n) is 5.63. The Morgan fingerprint density at radius 3 is 1.92 bits per heavy atom. The summed E-state index contributed by atoms with van der Waals surface area (Å²) in [4.78, 5) is 25.2. The predicted molar refractivity (Wildman–Crippen MR) is 158 cm³/mol. The third kappa shape index (κ3) is 7.01. The molecule has 1 fully saturated rings. The summed E-state index contributed by atoms with van der Waals surface area (Å²) in [5, 5.41) is 0.139. The quantitative estimate of drug-likeness (QED) is 0.149. The molecule has 14 heteroatoms. The molecule has 0 spiro atoms. The minimum Gasteiger partial charge on any atom is -0.439 e. The van der Waals surface area contributed by atoms with Crippen LogP contribution in [0.4, 0.5) is 44.3 Å². The summed E-state index contributed by atoms with van der Waals surface area (Å²) in [7, 11) is 0. The van der Waals surface area contributed by atoms with Crippen LogP contribution in [0.1, 0.15) is 56.8 Å². The molecule has 1 saturated heterocycles. The lowest BCUT2D eigenvalue weighted by molar-refractivity contribution is -0.143. The van der Waals surface area contributed by atoms with Gasteiger partial charge in [0.15, 0.2) is 0 Å². The largest absolute Gasteiger partial charge is 0.439 e. The molecule has 1 heterocycles. The van der Waals surface area contributed by atoms with Crippen molar-refractivity contribution in [1.29, 1.82) is 0 Å². The molecule has 1 aliphatic rings. The Bertz CT molecular complexity index is 1870. The molecule has 0 radical (unpaired) electrons. The number of ether oxygens (including phenoxy) is 1. The molecule has 1 amide bonds. The zero-order valence-corrected chi connectivity index (χ0v) is 25.6. The number of hydrogen-bond acceptors (Lipinski definition) is 3. The van der Waals surface area contributed by atoms with Gasteiger partial charge in [-0.05, 0) is 95.8 Å². The second kappa shape index (κ2) is 12.5. The normalized spacial score (nSPS) is 17.1. The van der Waals surface area contributed by atoms with Gasteiger partial charge in [0.25, 0.3) is 0 Å². The van der Waals surface area contributed by atoms with Crippen LogP contribution < -0.4 is 0 Å². The molecule has 0 N–H and O–H groups in total. The lowest BCUT2D eigenvalue weighted by Crippen LogP contribution is -2.32. The van der Waals surface area contributed by atoms with E-state index in [4.69, 9.17) is 16.3 Å². The van der Waals surface area contributed by atoms with Crippen LogP contribution in [0, 0.1) is 6.92 Å². The van der Waals surface area contributed by atoms with Crippen molar-refractivity contribution < 1.29 is 53.8 Å². The maximum atomic E-state index is 13.9. The number of nitrogens with zero attached hydrogens (tertiary/aromatic N) is 1. The molecular formula is C34H23ClF9NO3. The summed E-state index contributed by atoms with van der Waals surface area (Å²) >= 11 is 6.53. The molecule has 48 heavy (non-hydrogen) atoms. The Hall–Kier alpha value is -4.52. The molecule has 0 bridgehead atoms. The van der Waals surface area contributed by atoms with Gasteiger partial charge in [-0.3, -0.25) is 9.69 Å². The van der Waals surface area contributed by atoms with Gasteiger partial charge in [-0.15, -0.1) is 0 Å². The SMILES string of the molecule is Cc1cc(C=O)ccc1-c1ccc(Cl)c(-c2ccc(C(F)(F)F)cc2CN2C(=O)OC(c3cc(C(F)(F)F)cc(C(F)(F)F)c3)C2C)c1. The highest BCUT2D eigenvalue weighted by atomic mass is 35.5. The van der Waals surface area contributed by atoms with Crippen LogP contribution in [-0.2, 0) is 29.8 Å². The van der Waals surface area contributed by atoms with E-state index >= 15 is 0 Å². The molecule has 2 atom stereocenters. The predicted octanol–water partition coefficient (Wildman–Crippen LogP) is 10.9. The standard InChI is InChI=1S/C34H23ClF9NO3/c1-17-9-19(16-46)3-6-26(17)20-4-8-29(35)28(13-20)27-7-5-23(32(36,37)38)12-22(27)15-45-18(2)30(48-31(45)47)21-10-24(33(39,40)41)14-25(11-21)34(42,43)44/h3-14,16,18,30H,15H2,1-2H3. The topological polar surface area (TPSA) is 46.6 Å². The molecule has 4 nitrogen and oxygen atoms in total. The number of halogens is 10. The number of hydrogen-bond donors (Lipinski definition) is 0. The van der Waals surface area contributed by atoms with Crippen molar-refractivity contribution in [2.75, 3.05) is 0 Å². The van der Waals surface area contributed by atoms with E-state index in [0.29, 0.717) is 35.1 Å². The second-order valence-electron chi connectivity index (χ2n) is 11.3. The van der Waals surface area contributed by atoms with Gasteiger partial charge in [-0.1, -0.05) is 35.9 Å². The first-order valence-corrected chi connectivity index (χ1v) is 14.5. The fourth-order valence-corrected chi connectivity index (χ4v) is 5.85. The van der Waals surface area contributed by atoms with Crippen molar-refractivity contribution in [2.45, 2.75) is 51.1 Å². The summed E-state index contributed by atoms with van der Waals surface area (Å²) in [6.07, 6.45) is -17.2. The summed E-state index contributed by atoms with van der Waals surface area (Å²) in [5.41, 5.74) is -2.03. The van der Waals surface area contributed by atoms with E-state index in [9.17, 15) is 49.1 Å². The Kier molecular flexibility index (Phi) is 9.06. The fraction of sp³-hybridized carbons (Fsp3) is 0.235. The molecule has 5 rings (SSSR count). The maximum Gasteiger partial charge on any atom is 0.416 e. The third-order valence-corrected chi connectivity index (χ3v) is 8.39. The zero-order chi connectivity index (χ0) is 35.3. The lowest BCUT2D eigenvalue weighted by Gasteiger charge is -2.24. The third-order valence-electron chi connectivity index (χ3n) is 8.06. The Morgan fingerprint density at radius 1 is 0.750 bits per heavy atom. The van der Waals surface area contributed by atoms with Gasteiger partial charge in [-0.25, -0.2) is 4.79 Å². The number of carbonyl (C=O) groups excluding carboxylic acids is 2. The monoisotopic (exact) mass is 699 g/mol. The van der Waals surface area contributed by atoms with Gasteiger partial charge in [0, 0.05) is 16.1 Å². The first kappa shape index (κ1) is 34.8. The highest BCUT2D eigenvalue weighted by Gasteiger charge is 2.44. The average Bonchev–Trinajstić information content (AvgIpc) is 3.28. The summed E-state index contributed by atoms with van der Waals surface area (Å²) < 4.78 is 128. The minimum atomic E-state index is -5.16. The van der Waals surface area contributed by atoms with Crippen LogP contribution >= 0.6 is 11.6 Å². The van der Waals surface area contributed by atoms with Crippen LogP contribution in [0.5, 0.6) is 0 Å². The van der Waals surface area contributed by atoms with E-state index < -0.39 is 65.6 Å². The highest BCUT2D eigenvalue weighted by molar-refractivity contribution is 6.33. The molecule has 1 aliphatic heterocycles. The van der Waals surface area contributed by atoms with E-state index in [1.54, 1.807) is 37.3 Å². The van der Waals surface area contributed by atoms with Gasteiger partial charge in [0.1, 0.15) is 12.4 Å². The number of aldehydes is 1. The lowest BCUT2D eigenvalue weighted by atomic mass is 9.92. The van der Waals surface area contributed by atoms with E-state index in [2.05, 4.69) is 0 Å². The van der Waals surface area contributed by atoms with Crippen molar-refractivity contribution >= 4 is 24.0 Å². The molecule has 2 unspecified atom stereocenters. The van der Waals surface area contributed by atoms with E-state index in [1.165, 1.54) is 13.0 Å². The van der Waals surface area contributed by atoms with Crippen molar-refractivity contribution in [3.8, 4) is 22.3 Å². The first-order valence-electron chi connectivity index (χ1n) is 14.1. The molecule has 0 aromatic heterocycles. The number of carbonyl (C=O) groups is 2. The number of rotatable bonds is 6. The number of alkyl halides is 9. The van der Waals surface area contributed by atoms with Crippen molar-refractivity contribution in [3.63, 3.8) is 0 Å². The maximum absolute atomic E-state index is 13.9. The van der Waals surface area contributed by atoms with Gasteiger partial charge in [-0.2, -0.15) is 39.5 Å². The summed E-state index contributed by atoms with van der Waals surface area (Å²) in [5.74, 6) is 0. The van der Waals surface area contributed by atoms with Crippen molar-refractivity contribution in [3.05, 3.63) is 117 Å². The zero-order valence-electron chi connectivity index (χ0n) is 24.8. The average molecular weight is 700 g/mol. The van der Waals surface area contributed by atoms with E-state index in [1.807, 2.05) is 0 Å². The van der Waals surface area contributed by atoms with Crippen LogP contribution in [0.15, 0.2) is 72.8 Å². The minimum absolute atomic E-state index is 0.0619. The van der Waals surface area contributed by atoms with Gasteiger partial charge < -0.3 is 4.74 Å². The van der Waals surface area contributed by atoms with Crippen LogP contribution in [0.25, 0.3) is 22.3 Å². The number of cyclic esters (lactones) is 1. The number of amides is 1. The Labute approximate surface area is 272 Å². The summed E-state index contributed by atoms with van der Waals surface area (Å²) in [6.45, 7) is 2.50. The van der Waals surface area contributed by atoms with Gasteiger partial charge >= 0.3 is 24.6 Å². The Balaban J connectivity index is 1.57. The second-order valence-corrected chi connectivity index (χ2v) is 11.7. The molecule has 252 valence electrons. The molecule has 0 aliphatic carbocycles. The molecular weight excluding hydrogens is 677 g/mol. The van der Waals surface area contributed by atoms with Crippen molar-refractivity contribution in [1.82, 2.24) is 4.90 Å². The summed E-state index contributed by atoms with van der Waals surface area (Å²) in [6, 6.07) is 12.1. The van der Waals surface area contributed by atoms with E-state index in [-0.39, 0.29) is 27.8 Å². The molecule has 4 aromatic carbocycles. The van der Waals surface area contributed by atoms with Gasteiger partial charge in [0.2, 0.25) is 0 Å². The molecule has 0 saturated carbocycles. The number of aryl methyl sites for hydroxylation is 1. The van der Waals surface area contributed by atoms with Crippen LogP contribution in [0.3, 0.4) is 0 Å². The van der Waals surface area contributed by atoms with Crippen molar-refractivity contribution in [2.24, 2.45) is 0 Å². The molecule has 4 aromatic rings. The highest BCUT2D eigenvalue weighted by Crippen LogP contribution is 2.43. The first-order chi connectivity index (χ1) is 22.3. The Morgan fingerprint density at radius 2 is 1.35 bits per heavy atom. The smallest absolute Gasteiger partial charge is 0.416 e.